The summed E-state index contributed by atoms with van der Waals surface area (Å²) in [5.41, 5.74) is 6.19. The van der Waals surface area contributed by atoms with Crippen molar-refractivity contribution in [3.8, 4) is 0 Å². The molecule has 0 radical (unpaired) electrons. The second-order valence-electron chi connectivity index (χ2n) is 5.14. The molecule has 2 rings (SSSR count). The van der Waals surface area contributed by atoms with Crippen LogP contribution < -0.4 is 0 Å². The van der Waals surface area contributed by atoms with Crippen molar-refractivity contribution in [2.24, 2.45) is 0 Å². The zero-order chi connectivity index (χ0) is 16.7. The molecule has 2 aliphatic heterocycles. The molecule has 21 heavy (non-hydrogen) atoms. The fourth-order valence-electron chi connectivity index (χ4n) is 1.92. The topological polar surface area (TPSA) is 0 Å². The summed E-state index contributed by atoms with van der Waals surface area (Å²) in [6.07, 6.45) is 0. The van der Waals surface area contributed by atoms with E-state index in [1.807, 2.05) is 0 Å². The standard InChI is InChI=1S/2C8H12As.2ClH.Zr/c2*1-5-6(2)8(4)9-7(5)3;;;/h2*1-4H3;2*1H;/q2*-1;;;+4/p-2. The van der Waals surface area contributed by atoms with Gasteiger partial charge in [-0.3, -0.25) is 0 Å². The summed E-state index contributed by atoms with van der Waals surface area (Å²) >= 11 is 0.0344. The Bertz CT molecular complexity index is 447. The molecule has 5 heteroatoms. The van der Waals surface area contributed by atoms with Crippen LogP contribution in [0.1, 0.15) is 55.4 Å². The van der Waals surface area contributed by atoms with Crippen LogP contribution in [0.2, 0.25) is 0 Å². The fourth-order valence-corrected chi connectivity index (χ4v) is 6.85. The number of allylic oxidation sites excluding steroid dienone is 4. The molecule has 0 atom stereocenters. The average molecular weight is 528 g/mol. The molecule has 0 N–H and O–H groups in total. The molecule has 0 bridgehead atoms. The third-order valence-corrected chi connectivity index (χ3v) is 9.60. The molecule has 0 aromatic carbocycles. The van der Waals surface area contributed by atoms with E-state index >= 15 is 0 Å². The van der Waals surface area contributed by atoms with Gasteiger partial charge >= 0.3 is 164 Å². The third-order valence-electron chi connectivity index (χ3n) is 3.97. The van der Waals surface area contributed by atoms with E-state index < -0.39 is 20.8 Å². The van der Waals surface area contributed by atoms with Crippen molar-refractivity contribution in [2.75, 3.05) is 0 Å². The Labute approximate surface area is 162 Å². The Balaban J connectivity index is 0.000000322. The Morgan fingerprint density at radius 1 is 0.714 bits per heavy atom. The Morgan fingerprint density at radius 3 is 1.00 bits per heavy atom. The molecule has 0 saturated heterocycles. The normalized spacial score (nSPS) is 18.4. The first kappa shape index (κ1) is 22.5. The van der Waals surface area contributed by atoms with Crippen molar-refractivity contribution >= 4 is 56.3 Å². The van der Waals surface area contributed by atoms with Crippen molar-refractivity contribution in [3.63, 3.8) is 0 Å². The van der Waals surface area contributed by atoms with Crippen LogP contribution in [0.25, 0.3) is 0 Å². The molecule has 0 fully saturated rings. The van der Waals surface area contributed by atoms with Crippen molar-refractivity contribution in [1.82, 2.24) is 0 Å². The first-order valence-electron chi connectivity index (χ1n) is 6.77. The molecule has 0 unspecified atom stereocenters. The second kappa shape index (κ2) is 11.2. The summed E-state index contributed by atoms with van der Waals surface area (Å²) in [5.74, 6) is 0. The van der Waals surface area contributed by atoms with Gasteiger partial charge in [-0.2, -0.15) is 0 Å². The summed E-state index contributed by atoms with van der Waals surface area (Å²) in [5, 5.41) is 0. The van der Waals surface area contributed by atoms with Gasteiger partial charge in [0.05, 0.1) is 0 Å². The summed E-state index contributed by atoms with van der Waals surface area (Å²) < 4.78 is 6.56. The van der Waals surface area contributed by atoms with Crippen molar-refractivity contribution in [2.45, 2.75) is 55.4 Å². The second-order valence-corrected chi connectivity index (χ2v) is 15.4. The number of halogens is 2. The fraction of sp³-hybridized carbons (Fsp3) is 0.500. The van der Waals surface area contributed by atoms with Gasteiger partial charge in [0.25, 0.3) is 0 Å². The summed E-state index contributed by atoms with van der Waals surface area (Å²) in [6, 6.07) is 0. The van der Waals surface area contributed by atoms with E-state index in [2.05, 4.69) is 55.4 Å². The van der Waals surface area contributed by atoms with Crippen LogP contribution in [-0.2, 0) is 20.8 Å². The van der Waals surface area contributed by atoms with Crippen molar-refractivity contribution < 1.29 is 20.8 Å². The van der Waals surface area contributed by atoms with Crippen LogP contribution in [-0.4, -0.2) is 39.2 Å². The van der Waals surface area contributed by atoms with E-state index in [-0.39, 0.29) is 0 Å². The van der Waals surface area contributed by atoms with Crippen molar-refractivity contribution in [3.05, 3.63) is 31.7 Å². The van der Waals surface area contributed by atoms with Crippen LogP contribution in [0, 0.1) is 9.41 Å². The maximum absolute atomic E-state index is 4.93. The zero-order valence-electron chi connectivity index (χ0n) is 14.2. The van der Waals surface area contributed by atoms with E-state index in [1.165, 1.54) is 0 Å². The molecule has 0 aromatic rings. The molecule has 0 spiro atoms. The quantitative estimate of drug-likeness (QED) is 0.309. The van der Waals surface area contributed by atoms with Gasteiger partial charge in [0.2, 0.25) is 0 Å². The van der Waals surface area contributed by atoms with E-state index in [0.29, 0.717) is 30.6 Å². The van der Waals surface area contributed by atoms with Gasteiger partial charge in [-0.25, -0.2) is 0 Å². The van der Waals surface area contributed by atoms with Gasteiger partial charge in [-0.1, -0.05) is 0 Å². The van der Waals surface area contributed by atoms with E-state index in [0.717, 1.165) is 0 Å². The van der Waals surface area contributed by atoms with Crippen LogP contribution in [0.5, 0.6) is 0 Å². The molecule has 0 aliphatic carbocycles. The summed E-state index contributed by atoms with van der Waals surface area (Å²) in [4.78, 5) is 0. The van der Waals surface area contributed by atoms with E-state index in [1.54, 1.807) is 40.3 Å². The summed E-state index contributed by atoms with van der Waals surface area (Å²) in [7, 11) is 9.87. The average Bonchev–Trinajstić information content (AvgIpc) is 2.77. The SMILES string of the molecule is CC1=[As][C-](C)C(C)=C1C.CC1=[As][C-](C)C(C)=C1C.[Cl][Zr+2][Cl]. The minimum absolute atomic E-state index is 0.430. The van der Waals surface area contributed by atoms with Crippen LogP contribution in [0.4, 0.5) is 0 Å². The Morgan fingerprint density at radius 2 is 0.952 bits per heavy atom. The van der Waals surface area contributed by atoms with Gasteiger partial charge in [0, 0.05) is 0 Å². The molecular weight excluding hydrogens is 504 g/mol. The molecule has 0 aromatic heterocycles. The van der Waals surface area contributed by atoms with E-state index in [4.69, 9.17) is 17.0 Å². The first-order valence-corrected chi connectivity index (χ1v) is 16.9. The Kier molecular flexibility index (Phi) is 12.0. The molecule has 0 saturated carbocycles. The van der Waals surface area contributed by atoms with Crippen LogP contribution in [0.15, 0.2) is 22.3 Å². The zero-order valence-corrected chi connectivity index (χ0v) is 21.9. The number of hydrogen-bond acceptors (Lipinski definition) is 0. The molecule has 2 heterocycles. The van der Waals surface area contributed by atoms with Gasteiger partial charge in [0.15, 0.2) is 0 Å². The molecule has 0 amide bonds. The first-order chi connectivity index (χ1) is 9.67. The Hall–Kier alpha value is 1.54. The van der Waals surface area contributed by atoms with Gasteiger partial charge in [0.1, 0.15) is 0 Å². The van der Waals surface area contributed by atoms with Gasteiger partial charge in [-0.05, 0) is 0 Å². The molecule has 116 valence electrons. The van der Waals surface area contributed by atoms with Gasteiger partial charge < -0.3 is 0 Å². The molecular formula is C16H24As2Cl2Zr. The number of hydrogen-bond donors (Lipinski definition) is 0. The predicted octanol–water partition coefficient (Wildman–Crippen LogP) is 4.95. The molecule has 2 aliphatic rings. The minimum atomic E-state index is -0.826. The van der Waals surface area contributed by atoms with Crippen molar-refractivity contribution in [1.29, 1.82) is 0 Å². The molecule has 0 nitrogen and oxygen atoms in total. The van der Waals surface area contributed by atoms with Crippen LogP contribution >= 0.6 is 17.0 Å². The summed E-state index contributed by atoms with van der Waals surface area (Å²) in [6.45, 7) is 18.0. The van der Waals surface area contributed by atoms with Crippen LogP contribution in [0.3, 0.4) is 0 Å². The van der Waals surface area contributed by atoms with E-state index in [9.17, 15) is 0 Å². The maximum atomic E-state index is 4.93. The third kappa shape index (κ3) is 7.31. The number of rotatable bonds is 0. The van der Waals surface area contributed by atoms with Gasteiger partial charge in [-0.15, -0.1) is 0 Å². The predicted molar refractivity (Wildman–Crippen MR) is 99.2 cm³/mol. The monoisotopic (exact) mass is 526 g/mol.